The molecule has 0 aromatic heterocycles. The zero-order chi connectivity index (χ0) is 23.1. The van der Waals surface area contributed by atoms with Gasteiger partial charge in [0.15, 0.2) is 0 Å². The lowest BCUT2D eigenvalue weighted by Crippen LogP contribution is -2.54. The number of ether oxygens (including phenoxy) is 1. The summed E-state index contributed by atoms with van der Waals surface area (Å²) in [6, 6.07) is 19.5. The Morgan fingerprint density at radius 2 is 1.88 bits per heavy atom. The van der Waals surface area contributed by atoms with Gasteiger partial charge in [0.05, 0.1) is 12.1 Å². The van der Waals surface area contributed by atoms with E-state index in [4.69, 9.17) is 10.5 Å². The normalized spacial score (nSPS) is 22.4. The van der Waals surface area contributed by atoms with Crippen molar-refractivity contribution >= 4 is 5.91 Å². The maximum Gasteiger partial charge on any atom is 0.238 e. The Balaban J connectivity index is 1.36. The number of hydrogen-bond acceptors (Lipinski definition) is 5. The van der Waals surface area contributed by atoms with E-state index in [1.165, 1.54) is 19.3 Å². The van der Waals surface area contributed by atoms with Crippen LogP contribution < -0.4 is 15.8 Å². The Morgan fingerprint density at radius 1 is 1.15 bits per heavy atom. The van der Waals surface area contributed by atoms with Crippen LogP contribution in [0.2, 0.25) is 0 Å². The molecule has 2 aromatic rings. The first kappa shape index (κ1) is 23.3. The van der Waals surface area contributed by atoms with Crippen LogP contribution in [0, 0.1) is 17.2 Å². The van der Waals surface area contributed by atoms with Gasteiger partial charge in [-0.15, -0.1) is 0 Å². The summed E-state index contributed by atoms with van der Waals surface area (Å²) in [5.74, 6) is 1.92. The van der Waals surface area contributed by atoms with Crippen molar-refractivity contribution in [1.82, 2.24) is 10.2 Å². The lowest BCUT2D eigenvalue weighted by molar-refractivity contribution is -0.124. The first-order valence-corrected chi connectivity index (χ1v) is 12.1. The molecule has 0 radical (unpaired) electrons. The second kappa shape index (κ2) is 10.8. The van der Waals surface area contributed by atoms with E-state index in [-0.39, 0.29) is 5.91 Å². The topological polar surface area (TPSA) is 91.4 Å². The fourth-order valence-corrected chi connectivity index (χ4v) is 5.05. The number of rotatable bonds is 8. The van der Waals surface area contributed by atoms with Crippen LogP contribution in [0.4, 0.5) is 0 Å². The van der Waals surface area contributed by atoms with Crippen LogP contribution in [0.3, 0.4) is 0 Å². The summed E-state index contributed by atoms with van der Waals surface area (Å²) in [4.78, 5) is 15.0. The predicted molar refractivity (Wildman–Crippen MR) is 129 cm³/mol. The van der Waals surface area contributed by atoms with E-state index in [0.717, 1.165) is 36.4 Å². The number of para-hydroxylation sites is 2. The maximum atomic E-state index is 12.8. The van der Waals surface area contributed by atoms with E-state index in [0.29, 0.717) is 31.8 Å². The van der Waals surface area contributed by atoms with Crippen LogP contribution in [-0.2, 0) is 11.3 Å². The third kappa shape index (κ3) is 6.13. The second-order valence-corrected chi connectivity index (χ2v) is 9.51. The van der Waals surface area contributed by atoms with Gasteiger partial charge in [0.1, 0.15) is 17.0 Å². The van der Waals surface area contributed by atoms with Crippen molar-refractivity contribution in [3.8, 4) is 17.6 Å². The fourth-order valence-electron chi connectivity index (χ4n) is 5.05. The Morgan fingerprint density at radius 3 is 2.64 bits per heavy atom. The van der Waals surface area contributed by atoms with Crippen LogP contribution in [0.5, 0.6) is 11.5 Å². The molecule has 1 amide bonds. The van der Waals surface area contributed by atoms with E-state index in [2.05, 4.69) is 16.3 Å². The monoisotopic (exact) mass is 446 g/mol. The summed E-state index contributed by atoms with van der Waals surface area (Å²) < 4.78 is 6.09. The summed E-state index contributed by atoms with van der Waals surface area (Å²) in [6.45, 7) is 1.85. The Bertz CT molecular complexity index is 968. The summed E-state index contributed by atoms with van der Waals surface area (Å²) >= 11 is 0. The highest BCUT2D eigenvalue weighted by Crippen LogP contribution is 2.30. The van der Waals surface area contributed by atoms with Crippen molar-refractivity contribution < 1.29 is 9.53 Å². The molecule has 2 fully saturated rings. The molecule has 2 atom stereocenters. The van der Waals surface area contributed by atoms with Crippen molar-refractivity contribution in [3.05, 3.63) is 60.2 Å². The summed E-state index contributed by atoms with van der Waals surface area (Å²) in [6.07, 6.45) is 7.35. The van der Waals surface area contributed by atoms with Crippen LogP contribution in [0.15, 0.2) is 54.6 Å². The van der Waals surface area contributed by atoms with E-state index in [9.17, 15) is 10.1 Å². The molecular weight excluding hydrogens is 412 g/mol. The van der Waals surface area contributed by atoms with Gasteiger partial charge in [0.25, 0.3) is 0 Å². The van der Waals surface area contributed by atoms with Crippen molar-refractivity contribution in [2.24, 2.45) is 11.7 Å². The van der Waals surface area contributed by atoms with Gasteiger partial charge in [-0.2, -0.15) is 5.26 Å². The molecule has 1 saturated heterocycles. The quantitative estimate of drug-likeness (QED) is 0.629. The number of carbonyl (C=O) groups is 1. The number of amides is 1. The standard InChI is InChI=1S/C27H34N4O2/c28-19-27(30-26(32)24(29)17-21-9-3-1-4-10-21)15-16-31(20-27)18-22-11-7-8-14-25(22)33-23-12-5-2-6-13-23/h2,5-8,11-14,21,24H,1,3-4,9-10,15-18,20,29H2,(H,30,32). The number of hydrogen-bond donors (Lipinski definition) is 2. The van der Waals surface area contributed by atoms with E-state index in [1.807, 2.05) is 54.6 Å². The number of nitrogens with two attached hydrogens (primary N) is 1. The molecule has 2 unspecified atom stereocenters. The minimum atomic E-state index is -0.892. The lowest BCUT2D eigenvalue weighted by atomic mass is 9.84. The van der Waals surface area contributed by atoms with Crippen molar-refractivity contribution in [3.63, 3.8) is 0 Å². The van der Waals surface area contributed by atoms with E-state index >= 15 is 0 Å². The molecule has 33 heavy (non-hydrogen) atoms. The molecular formula is C27H34N4O2. The SMILES string of the molecule is N#CC1(NC(=O)C(N)CC2CCCCC2)CCN(Cc2ccccc2Oc2ccccc2)C1. The number of benzene rings is 2. The number of nitriles is 1. The molecule has 1 aliphatic heterocycles. The van der Waals surface area contributed by atoms with Crippen molar-refractivity contribution in [2.45, 2.75) is 63.1 Å². The molecule has 1 heterocycles. The van der Waals surface area contributed by atoms with Crippen LogP contribution in [0.25, 0.3) is 0 Å². The third-order valence-electron chi connectivity index (χ3n) is 6.91. The molecule has 4 rings (SSSR count). The van der Waals surface area contributed by atoms with Gasteiger partial charge in [-0.3, -0.25) is 9.69 Å². The highest BCUT2D eigenvalue weighted by molar-refractivity contribution is 5.82. The molecule has 1 saturated carbocycles. The Hall–Kier alpha value is -2.88. The summed E-state index contributed by atoms with van der Waals surface area (Å²) in [7, 11) is 0. The van der Waals surface area contributed by atoms with Crippen LogP contribution in [-0.4, -0.2) is 35.5 Å². The van der Waals surface area contributed by atoms with Gasteiger partial charge in [-0.05, 0) is 37.0 Å². The fraction of sp³-hybridized carbons (Fsp3) is 0.481. The van der Waals surface area contributed by atoms with E-state index in [1.54, 1.807) is 0 Å². The Labute approximate surface area is 196 Å². The molecule has 0 bridgehead atoms. The highest BCUT2D eigenvalue weighted by Gasteiger charge is 2.41. The predicted octanol–water partition coefficient (Wildman–Crippen LogP) is 4.36. The second-order valence-electron chi connectivity index (χ2n) is 9.51. The number of carbonyl (C=O) groups excluding carboxylic acids is 1. The smallest absolute Gasteiger partial charge is 0.238 e. The van der Waals surface area contributed by atoms with Gasteiger partial charge >= 0.3 is 0 Å². The largest absolute Gasteiger partial charge is 0.457 e. The first-order valence-electron chi connectivity index (χ1n) is 12.1. The zero-order valence-corrected chi connectivity index (χ0v) is 19.2. The van der Waals surface area contributed by atoms with Gasteiger partial charge in [0, 0.05) is 25.2 Å². The van der Waals surface area contributed by atoms with Crippen LogP contribution >= 0.6 is 0 Å². The first-order chi connectivity index (χ1) is 16.1. The molecule has 174 valence electrons. The summed E-state index contributed by atoms with van der Waals surface area (Å²) in [5, 5.41) is 12.9. The molecule has 6 heteroatoms. The Kier molecular flexibility index (Phi) is 7.64. The van der Waals surface area contributed by atoms with Gasteiger partial charge in [-0.25, -0.2) is 0 Å². The van der Waals surface area contributed by atoms with Gasteiger partial charge < -0.3 is 15.8 Å². The molecule has 3 N–H and O–H groups in total. The summed E-state index contributed by atoms with van der Waals surface area (Å²) in [5.41, 5.74) is 6.40. The number of likely N-dealkylation sites (tertiary alicyclic amines) is 1. The lowest BCUT2D eigenvalue weighted by Gasteiger charge is -2.28. The molecule has 6 nitrogen and oxygen atoms in total. The molecule has 0 spiro atoms. The third-order valence-corrected chi connectivity index (χ3v) is 6.91. The molecule has 2 aromatic carbocycles. The highest BCUT2D eigenvalue weighted by atomic mass is 16.5. The molecule has 2 aliphatic rings. The zero-order valence-electron chi connectivity index (χ0n) is 19.2. The number of nitrogens with one attached hydrogen (secondary N) is 1. The minimum Gasteiger partial charge on any atom is -0.457 e. The van der Waals surface area contributed by atoms with Crippen LogP contribution in [0.1, 0.15) is 50.5 Å². The van der Waals surface area contributed by atoms with Crippen molar-refractivity contribution in [1.29, 1.82) is 5.26 Å². The average molecular weight is 447 g/mol. The van der Waals surface area contributed by atoms with Crippen molar-refractivity contribution in [2.75, 3.05) is 13.1 Å². The number of nitrogens with zero attached hydrogens (tertiary/aromatic N) is 2. The van der Waals surface area contributed by atoms with Gasteiger partial charge in [0.2, 0.25) is 5.91 Å². The molecule has 1 aliphatic carbocycles. The average Bonchev–Trinajstić information content (AvgIpc) is 3.24. The maximum absolute atomic E-state index is 12.8. The minimum absolute atomic E-state index is 0.197. The van der Waals surface area contributed by atoms with Gasteiger partial charge in [-0.1, -0.05) is 68.5 Å². The van der Waals surface area contributed by atoms with E-state index < -0.39 is 11.6 Å².